The van der Waals surface area contributed by atoms with Gasteiger partial charge in [-0.1, -0.05) is 37.3 Å². The first kappa shape index (κ1) is 14.8. The fourth-order valence-electron chi connectivity index (χ4n) is 2.88. The summed E-state index contributed by atoms with van der Waals surface area (Å²) in [5.74, 6) is 2.75. The predicted molar refractivity (Wildman–Crippen MR) is 91.1 cm³/mol. The molecule has 0 saturated carbocycles. The second-order valence-corrected chi connectivity index (χ2v) is 6.21. The first-order chi connectivity index (χ1) is 10.7. The first-order valence-electron chi connectivity index (χ1n) is 8.11. The molecule has 1 unspecified atom stereocenters. The Labute approximate surface area is 132 Å². The van der Waals surface area contributed by atoms with Gasteiger partial charge in [0.05, 0.1) is 0 Å². The Bertz CT molecular complexity index is 591. The van der Waals surface area contributed by atoms with E-state index in [0.29, 0.717) is 0 Å². The molecule has 22 heavy (non-hydrogen) atoms. The highest BCUT2D eigenvalue weighted by atomic mass is 15.2. The van der Waals surface area contributed by atoms with E-state index in [4.69, 9.17) is 0 Å². The lowest BCUT2D eigenvalue weighted by atomic mass is 9.99. The molecule has 3 rings (SSSR count). The Morgan fingerprint density at radius 3 is 2.59 bits per heavy atom. The van der Waals surface area contributed by atoms with Gasteiger partial charge in [-0.3, -0.25) is 0 Å². The van der Waals surface area contributed by atoms with Crippen LogP contribution in [0.25, 0.3) is 0 Å². The van der Waals surface area contributed by atoms with Crippen molar-refractivity contribution in [1.82, 2.24) is 9.97 Å². The van der Waals surface area contributed by atoms with Crippen LogP contribution in [0.5, 0.6) is 0 Å². The topological polar surface area (TPSA) is 41.0 Å². The van der Waals surface area contributed by atoms with Crippen LogP contribution in [-0.4, -0.2) is 23.1 Å². The molecule has 4 heteroatoms. The normalized spacial score (nSPS) is 17.3. The van der Waals surface area contributed by atoms with Gasteiger partial charge < -0.3 is 10.2 Å². The smallest absolute Gasteiger partial charge is 0.134 e. The van der Waals surface area contributed by atoms with Crippen molar-refractivity contribution < 1.29 is 0 Å². The highest BCUT2D eigenvalue weighted by Gasteiger charge is 2.17. The molecule has 2 heterocycles. The number of benzene rings is 1. The number of piperidine rings is 1. The van der Waals surface area contributed by atoms with Crippen molar-refractivity contribution in [2.24, 2.45) is 5.92 Å². The summed E-state index contributed by atoms with van der Waals surface area (Å²) >= 11 is 0. The molecular formula is C18H24N4. The molecule has 1 aliphatic rings. The summed E-state index contributed by atoms with van der Waals surface area (Å²) in [5, 5.41) is 3.47. The molecule has 0 spiro atoms. The number of nitrogens with zero attached hydrogens (tertiary/aromatic N) is 3. The van der Waals surface area contributed by atoms with Crippen LogP contribution in [0.3, 0.4) is 0 Å². The minimum Gasteiger partial charge on any atom is -0.363 e. The number of hydrogen-bond donors (Lipinski definition) is 1. The summed E-state index contributed by atoms with van der Waals surface area (Å²) in [5.41, 5.74) is 1.26. The third kappa shape index (κ3) is 3.56. The number of rotatable bonds is 4. The lowest BCUT2D eigenvalue weighted by Crippen LogP contribution is -2.33. The van der Waals surface area contributed by atoms with Gasteiger partial charge in [0.1, 0.15) is 18.0 Å². The molecule has 0 amide bonds. The number of hydrogen-bond acceptors (Lipinski definition) is 4. The summed E-state index contributed by atoms with van der Waals surface area (Å²) in [7, 11) is 0. The van der Waals surface area contributed by atoms with Gasteiger partial charge >= 0.3 is 0 Å². The molecule has 1 fully saturated rings. The lowest BCUT2D eigenvalue weighted by molar-refractivity contribution is 0.436. The zero-order chi connectivity index (χ0) is 15.4. The van der Waals surface area contributed by atoms with Gasteiger partial charge in [0.15, 0.2) is 0 Å². The first-order valence-corrected chi connectivity index (χ1v) is 8.11. The quantitative estimate of drug-likeness (QED) is 0.929. The lowest BCUT2D eigenvalue weighted by Gasteiger charge is -2.31. The van der Waals surface area contributed by atoms with Crippen molar-refractivity contribution in [3.63, 3.8) is 0 Å². The van der Waals surface area contributed by atoms with Gasteiger partial charge in [-0.15, -0.1) is 0 Å². The standard InChI is InChI=1S/C18H24N4/c1-14-8-10-22(11-9-14)18-12-17(19-13-20-18)21-15(2)16-6-4-3-5-7-16/h3-7,12-15H,8-11H2,1-2H3,(H,19,20,21). The minimum atomic E-state index is 0.227. The maximum atomic E-state index is 4.44. The summed E-state index contributed by atoms with van der Waals surface area (Å²) < 4.78 is 0. The van der Waals surface area contributed by atoms with E-state index in [9.17, 15) is 0 Å². The molecule has 0 radical (unpaired) electrons. The molecule has 116 valence electrons. The van der Waals surface area contributed by atoms with Crippen LogP contribution in [0.2, 0.25) is 0 Å². The molecule has 1 N–H and O–H groups in total. The molecule has 1 saturated heterocycles. The van der Waals surface area contributed by atoms with Crippen LogP contribution in [0, 0.1) is 5.92 Å². The molecule has 1 aromatic heterocycles. The zero-order valence-corrected chi connectivity index (χ0v) is 13.4. The summed E-state index contributed by atoms with van der Waals surface area (Å²) in [6, 6.07) is 12.7. The Hall–Kier alpha value is -2.10. The minimum absolute atomic E-state index is 0.227. The van der Waals surface area contributed by atoms with Crippen molar-refractivity contribution in [3.8, 4) is 0 Å². The number of nitrogens with one attached hydrogen (secondary N) is 1. The monoisotopic (exact) mass is 296 g/mol. The molecule has 0 bridgehead atoms. The van der Waals surface area contributed by atoms with Gasteiger partial charge in [0.25, 0.3) is 0 Å². The van der Waals surface area contributed by atoms with Crippen LogP contribution in [0.15, 0.2) is 42.7 Å². The van der Waals surface area contributed by atoms with Crippen molar-refractivity contribution in [1.29, 1.82) is 0 Å². The average molecular weight is 296 g/mol. The van der Waals surface area contributed by atoms with Gasteiger partial charge in [-0.25, -0.2) is 9.97 Å². The van der Waals surface area contributed by atoms with Crippen LogP contribution in [-0.2, 0) is 0 Å². The van der Waals surface area contributed by atoms with Gasteiger partial charge in [0.2, 0.25) is 0 Å². The summed E-state index contributed by atoms with van der Waals surface area (Å²) in [6.07, 6.45) is 4.15. The van der Waals surface area contributed by atoms with E-state index in [1.54, 1.807) is 6.33 Å². The maximum Gasteiger partial charge on any atom is 0.134 e. The largest absolute Gasteiger partial charge is 0.363 e. The van der Waals surface area contributed by atoms with Crippen molar-refractivity contribution in [3.05, 3.63) is 48.3 Å². The Balaban J connectivity index is 1.69. The Kier molecular flexibility index (Phi) is 4.56. The number of aromatic nitrogens is 2. The van der Waals surface area contributed by atoms with Crippen LogP contribution in [0.4, 0.5) is 11.6 Å². The Morgan fingerprint density at radius 2 is 1.86 bits per heavy atom. The Morgan fingerprint density at radius 1 is 1.14 bits per heavy atom. The zero-order valence-electron chi connectivity index (χ0n) is 13.4. The van der Waals surface area contributed by atoms with E-state index in [0.717, 1.165) is 30.6 Å². The van der Waals surface area contributed by atoms with Crippen molar-refractivity contribution >= 4 is 11.6 Å². The third-order valence-corrected chi connectivity index (χ3v) is 4.42. The van der Waals surface area contributed by atoms with Crippen LogP contribution < -0.4 is 10.2 Å². The van der Waals surface area contributed by atoms with E-state index in [2.05, 4.69) is 64.4 Å². The fourth-order valence-corrected chi connectivity index (χ4v) is 2.88. The van der Waals surface area contributed by atoms with Gasteiger partial charge in [0, 0.05) is 25.2 Å². The highest BCUT2D eigenvalue weighted by Crippen LogP contribution is 2.24. The van der Waals surface area contributed by atoms with E-state index in [1.807, 2.05) is 6.07 Å². The van der Waals surface area contributed by atoms with E-state index >= 15 is 0 Å². The third-order valence-electron chi connectivity index (χ3n) is 4.42. The molecule has 1 aliphatic heterocycles. The number of anilines is 2. The van der Waals surface area contributed by atoms with E-state index in [-0.39, 0.29) is 6.04 Å². The summed E-state index contributed by atoms with van der Waals surface area (Å²) in [6.45, 7) is 6.66. The predicted octanol–water partition coefficient (Wildman–Crippen LogP) is 3.89. The van der Waals surface area contributed by atoms with Gasteiger partial charge in [-0.05, 0) is 31.2 Å². The van der Waals surface area contributed by atoms with Gasteiger partial charge in [-0.2, -0.15) is 0 Å². The molecule has 0 aliphatic carbocycles. The average Bonchev–Trinajstić information content (AvgIpc) is 2.56. The molecule has 2 aromatic rings. The SMILES string of the molecule is CC1CCN(c2cc(NC(C)c3ccccc3)ncn2)CC1. The summed E-state index contributed by atoms with van der Waals surface area (Å²) in [4.78, 5) is 11.2. The maximum absolute atomic E-state index is 4.44. The van der Waals surface area contributed by atoms with E-state index in [1.165, 1.54) is 18.4 Å². The molecule has 4 nitrogen and oxygen atoms in total. The molecule has 1 atom stereocenters. The molecular weight excluding hydrogens is 272 g/mol. The van der Waals surface area contributed by atoms with E-state index < -0.39 is 0 Å². The molecule has 1 aromatic carbocycles. The fraction of sp³-hybridized carbons (Fsp3) is 0.444. The van der Waals surface area contributed by atoms with Crippen LogP contribution in [0.1, 0.15) is 38.3 Å². The second kappa shape index (κ2) is 6.77. The van der Waals surface area contributed by atoms with Crippen LogP contribution >= 0.6 is 0 Å². The van der Waals surface area contributed by atoms with Crippen molar-refractivity contribution in [2.45, 2.75) is 32.7 Å². The van der Waals surface area contributed by atoms with Crippen molar-refractivity contribution in [2.75, 3.05) is 23.3 Å². The second-order valence-electron chi connectivity index (χ2n) is 6.21. The highest BCUT2D eigenvalue weighted by molar-refractivity contribution is 5.49.